The lowest BCUT2D eigenvalue weighted by Gasteiger charge is -2.32. The Bertz CT molecular complexity index is 469. The van der Waals surface area contributed by atoms with Crippen LogP contribution in [0.25, 0.3) is 0 Å². The molecule has 1 aliphatic heterocycles. The van der Waals surface area contributed by atoms with E-state index in [1.165, 1.54) is 43.4 Å². The van der Waals surface area contributed by atoms with E-state index < -0.39 is 0 Å². The average Bonchev–Trinajstić information content (AvgIpc) is 3.26. The van der Waals surface area contributed by atoms with E-state index in [1.54, 1.807) is 0 Å². The third-order valence-electron chi connectivity index (χ3n) is 5.27. The van der Waals surface area contributed by atoms with Crippen molar-refractivity contribution >= 4 is 0 Å². The lowest BCUT2D eigenvalue weighted by atomic mass is 10.00. The van der Waals surface area contributed by atoms with Gasteiger partial charge in [0.05, 0.1) is 0 Å². The molecule has 1 heterocycles. The number of likely N-dealkylation sites (N-methyl/N-ethyl adjacent to an activating group) is 2. The molecule has 21 heavy (non-hydrogen) atoms. The maximum absolute atomic E-state index is 6.10. The van der Waals surface area contributed by atoms with Crippen LogP contribution in [0.1, 0.15) is 48.8 Å². The lowest BCUT2D eigenvalue weighted by molar-refractivity contribution is 0.179. The molecule has 3 heteroatoms. The molecule has 1 saturated carbocycles. The summed E-state index contributed by atoms with van der Waals surface area (Å²) in [5, 5.41) is 0. The molecule has 1 aromatic rings. The Labute approximate surface area is 129 Å². The zero-order chi connectivity index (χ0) is 14.8. The standard InChI is InChI=1S/C18H29N3/c1-20-10-4-7-17(20)13-21(2)18(12-19)16-6-3-5-15(11-16)14-8-9-14/h3,5-6,11,14,17-18H,4,7-10,12-13,19H2,1-2H3. The van der Waals surface area contributed by atoms with Crippen molar-refractivity contribution in [2.75, 3.05) is 33.7 Å². The second kappa shape index (κ2) is 6.47. The first-order valence-electron chi connectivity index (χ1n) is 8.39. The van der Waals surface area contributed by atoms with Crippen molar-refractivity contribution in [2.45, 2.75) is 43.7 Å². The van der Waals surface area contributed by atoms with Crippen molar-refractivity contribution in [3.8, 4) is 0 Å². The minimum Gasteiger partial charge on any atom is -0.329 e. The Balaban J connectivity index is 1.69. The van der Waals surface area contributed by atoms with Crippen LogP contribution in [0.3, 0.4) is 0 Å². The van der Waals surface area contributed by atoms with E-state index in [4.69, 9.17) is 5.73 Å². The van der Waals surface area contributed by atoms with E-state index in [0.717, 1.165) is 12.5 Å². The van der Waals surface area contributed by atoms with Gasteiger partial charge in [-0.2, -0.15) is 0 Å². The van der Waals surface area contributed by atoms with Gasteiger partial charge in [0.2, 0.25) is 0 Å². The van der Waals surface area contributed by atoms with Crippen LogP contribution in [0.15, 0.2) is 24.3 Å². The fourth-order valence-electron chi connectivity index (χ4n) is 3.68. The van der Waals surface area contributed by atoms with E-state index in [9.17, 15) is 0 Å². The Morgan fingerprint density at radius 3 is 2.76 bits per heavy atom. The summed E-state index contributed by atoms with van der Waals surface area (Å²) < 4.78 is 0. The monoisotopic (exact) mass is 287 g/mol. The molecular weight excluding hydrogens is 258 g/mol. The van der Waals surface area contributed by atoms with E-state index in [0.29, 0.717) is 18.6 Å². The fraction of sp³-hybridized carbons (Fsp3) is 0.667. The Morgan fingerprint density at radius 2 is 2.14 bits per heavy atom. The molecule has 2 unspecified atom stereocenters. The van der Waals surface area contributed by atoms with Crippen LogP contribution in [0, 0.1) is 0 Å². The van der Waals surface area contributed by atoms with Crippen molar-refractivity contribution in [2.24, 2.45) is 5.73 Å². The molecule has 2 aliphatic rings. The molecular formula is C18H29N3. The van der Waals surface area contributed by atoms with Crippen LogP contribution < -0.4 is 5.73 Å². The van der Waals surface area contributed by atoms with Crippen molar-refractivity contribution in [3.63, 3.8) is 0 Å². The van der Waals surface area contributed by atoms with Gasteiger partial charge in [0.15, 0.2) is 0 Å². The average molecular weight is 287 g/mol. The molecule has 1 aromatic carbocycles. The first-order chi connectivity index (χ1) is 10.2. The molecule has 2 atom stereocenters. The molecule has 2 N–H and O–H groups in total. The van der Waals surface area contributed by atoms with E-state index in [2.05, 4.69) is 48.2 Å². The maximum atomic E-state index is 6.10. The zero-order valence-electron chi connectivity index (χ0n) is 13.5. The van der Waals surface area contributed by atoms with Gasteiger partial charge in [-0.1, -0.05) is 24.3 Å². The molecule has 0 spiro atoms. The SMILES string of the molecule is CN1CCCC1CN(C)C(CN)c1cccc(C2CC2)c1. The van der Waals surface area contributed by atoms with Gasteiger partial charge in [0.25, 0.3) is 0 Å². The summed E-state index contributed by atoms with van der Waals surface area (Å²) in [5.74, 6) is 0.814. The highest BCUT2D eigenvalue weighted by molar-refractivity contribution is 5.31. The number of likely N-dealkylation sites (tertiary alicyclic amines) is 1. The number of hydrogen-bond acceptors (Lipinski definition) is 3. The largest absolute Gasteiger partial charge is 0.329 e. The van der Waals surface area contributed by atoms with Gasteiger partial charge in [-0.15, -0.1) is 0 Å². The van der Waals surface area contributed by atoms with E-state index >= 15 is 0 Å². The van der Waals surface area contributed by atoms with Gasteiger partial charge in [0, 0.05) is 25.2 Å². The van der Waals surface area contributed by atoms with Gasteiger partial charge in [-0.25, -0.2) is 0 Å². The van der Waals surface area contributed by atoms with Crippen molar-refractivity contribution in [1.29, 1.82) is 0 Å². The van der Waals surface area contributed by atoms with Gasteiger partial charge < -0.3 is 10.6 Å². The molecule has 0 bridgehead atoms. The Morgan fingerprint density at radius 1 is 1.33 bits per heavy atom. The Kier molecular flexibility index (Phi) is 4.63. The topological polar surface area (TPSA) is 32.5 Å². The normalized spacial score (nSPS) is 24.7. The van der Waals surface area contributed by atoms with E-state index in [1.807, 2.05) is 0 Å². The second-order valence-electron chi connectivity index (χ2n) is 6.91. The molecule has 1 aliphatic carbocycles. The third kappa shape index (κ3) is 3.47. The van der Waals surface area contributed by atoms with Crippen LogP contribution in [-0.2, 0) is 0 Å². The van der Waals surface area contributed by atoms with Crippen molar-refractivity contribution in [1.82, 2.24) is 9.80 Å². The third-order valence-corrected chi connectivity index (χ3v) is 5.27. The van der Waals surface area contributed by atoms with Crippen LogP contribution in [0.5, 0.6) is 0 Å². The predicted octanol–water partition coefficient (Wildman–Crippen LogP) is 2.59. The summed E-state index contributed by atoms with van der Waals surface area (Å²) in [5.41, 5.74) is 9.01. The molecule has 0 radical (unpaired) electrons. The lowest BCUT2D eigenvalue weighted by Crippen LogP contribution is -2.40. The first-order valence-corrected chi connectivity index (χ1v) is 8.39. The predicted molar refractivity (Wildman–Crippen MR) is 88.5 cm³/mol. The molecule has 1 saturated heterocycles. The number of nitrogens with two attached hydrogens (primary N) is 1. The minimum atomic E-state index is 0.345. The second-order valence-corrected chi connectivity index (χ2v) is 6.91. The highest BCUT2D eigenvalue weighted by atomic mass is 15.2. The summed E-state index contributed by atoms with van der Waals surface area (Å²) in [6, 6.07) is 10.2. The van der Waals surface area contributed by atoms with Crippen LogP contribution in [0.4, 0.5) is 0 Å². The Hall–Kier alpha value is -0.900. The quantitative estimate of drug-likeness (QED) is 0.873. The molecule has 116 valence electrons. The summed E-state index contributed by atoms with van der Waals surface area (Å²) in [6.07, 6.45) is 5.37. The maximum Gasteiger partial charge on any atom is 0.0468 e. The summed E-state index contributed by atoms with van der Waals surface area (Å²) in [6.45, 7) is 3.05. The number of nitrogens with zero attached hydrogens (tertiary/aromatic N) is 2. The van der Waals surface area contributed by atoms with Crippen molar-refractivity contribution in [3.05, 3.63) is 35.4 Å². The van der Waals surface area contributed by atoms with Crippen molar-refractivity contribution < 1.29 is 0 Å². The number of hydrogen-bond donors (Lipinski definition) is 1. The minimum absolute atomic E-state index is 0.345. The summed E-state index contributed by atoms with van der Waals surface area (Å²) in [4.78, 5) is 4.95. The van der Waals surface area contributed by atoms with Gasteiger partial charge in [0.1, 0.15) is 0 Å². The number of benzene rings is 1. The number of rotatable bonds is 6. The highest BCUT2D eigenvalue weighted by Gasteiger charge is 2.27. The molecule has 2 fully saturated rings. The molecule has 0 aromatic heterocycles. The van der Waals surface area contributed by atoms with Crippen LogP contribution >= 0.6 is 0 Å². The summed E-state index contributed by atoms with van der Waals surface area (Å²) >= 11 is 0. The molecule has 3 rings (SSSR count). The van der Waals surface area contributed by atoms with Gasteiger partial charge >= 0.3 is 0 Å². The molecule has 0 amide bonds. The zero-order valence-corrected chi connectivity index (χ0v) is 13.5. The van der Waals surface area contributed by atoms with Gasteiger partial charge in [-0.05, 0) is 63.4 Å². The van der Waals surface area contributed by atoms with Gasteiger partial charge in [-0.3, -0.25) is 4.90 Å². The first kappa shape index (κ1) is 15.0. The smallest absolute Gasteiger partial charge is 0.0468 e. The molecule has 3 nitrogen and oxygen atoms in total. The summed E-state index contributed by atoms with van der Waals surface area (Å²) in [7, 11) is 4.48. The fourth-order valence-corrected chi connectivity index (χ4v) is 3.68. The van der Waals surface area contributed by atoms with E-state index in [-0.39, 0.29) is 0 Å². The highest BCUT2D eigenvalue weighted by Crippen LogP contribution is 2.40. The van der Waals surface area contributed by atoms with Crippen LogP contribution in [0.2, 0.25) is 0 Å². The van der Waals surface area contributed by atoms with Crippen LogP contribution in [-0.4, -0.2) is 49.6 Å².